The number of hydrogen-bond acceptors (Lipinski definition) is 4. The Balaban J connectivity index is 1.66. The number of benzene rings is 1. The maximum absolute atomic E-state index is 11.8. The standard InChI is InChI=1S/C15H20N4O2/c1-2-21-13-7-5-12(6-8-13)10-15(20)16-9-3-4-14-17-11-18-19-14/h5-8,11H,2-4,9-10H2,1H3,(H,16,20)(H,17,18,19). The van der Waals surface area contributed by atoms with Crippen molar-refractivity contribution in [2.24, 2.45) is 0 Å². The first-order chi connectivity index (χ1) is 10.3. The van der Waals surface area contributed by atoms with E-state index >= 15 is 0 Å². The molecule has 0 radical (unpaired) electrons. The Morgan fingerprint density at radius 3 is 2.81 bits per heavy atom. The SMILES string of the molecule is CCOc1ccc(CC(=O)NCCCc2ncn[nH]2)cc1. The van der Waals surface area contributed by atoms with Crippen molar-refractivity contribution >= 4 is 5.91 Å². The minimum absolute atomic E-state index is 0.0247. The van der Waals surface area contributed by atoms with Crippen molar-refractivity contribution in [2.75, 3.05) is 13.2 Å². The topological polar surface area (TPSA) is 79.9 Å². The van der Waals surface area contributed by atoms with E-state index in [2.05, 4.69) is 20.5 Å². The fourth-order valence-corrected chi connectivity index (χ4v) is 1.95. The van der Waals surface area contributed by atoms with Crippen LogP contribution in [0.3, 0.4) is 0 Å². The smallest absolute Gasteiger partial charge is 0.224 e. The average molecular weight is 288 g/mol. The second-order valence-corrected chi connectivity index (χ2v) is 4.64. The molecule has 1 aromatic carbocycles. The number of aromatic nitrogens is 3. The highest BCUT2D eigenvalue weighted by Gasteiger charge is 2.03. The number of hydrogen-bond donors (Lipinski definition) is 2. The number of nitrogens with one attached hydrogen (secondary N) is 2. The number of carbonyl (C=O) groups is 1. The van der Waals surface area contributed by atoms with Crippen LogP contribution in [0.15, 0.2) is 30.6 Å². The van der Waals surface area contributed by atoms with Crippen molar-refractivity contribution in [2.45, 2.75) is 26.2 Å². The van der Waals surface area contributed by atoms with Crippen LogP contribution in [0.25, 0.3) is 0 Å². The molecule has 0 fully saturated rings. The number of carbonyl (C=O) groups excluding carboxylic acids is 1. The average Bonchev–Trinajstić information content (AvgIpc) is 2.99. The molecule has 0 unspecified atom stereocenters. The van der Waals surface area contributed by atoms with E-state index in [-0.39, 0.29) is 5.91 Å². The number of ether oxygens (including phenoxy) is 1. The molecule has 1 amide bonds. The summed E-state index contributed by atoms with van der Waals surface area (Å²) in [6, 6.07) is 7.60. The van der Waals surface area contributed by atoms with Gasteiger partial charge in [-0.3, -0.25) is 9.89 Å². The summed E-state index contributed by atoms with van der Waals surface area (Å²) in [4.78, 5) is 15.8. The van der Waals surface area contributed by atoms with E-state index < -0.39 is 0 Å². The molecule has 0 aliphatic rings. The van der Waals surface area contributed by atoms with Crippen LogP contribution in [0, 0.1) is 0 Å². The molecule has 1 heterocycles. The first-order valence-electron chi connectivity index (χ1n) is 7.10. The van der Waals surface area contributed by atoms with Gasteiger partial charge in [-0.2, -0.15) is 5.10 Å². The summed E-state index contributed by atoms with van der Waals surface area (Å²) in [5.41, 5.74) is 0.978. The van der Waals surface area contributed by atoms with Crippen molar-refractivity contribution in [1.29, 1.82) is 0 Å². The van der Waals surface area contributed by atoms with Gasteiger partial charge in [0.05, 0.1) is 13.0 Å². The molecule has 6 nitrogen and oxygen atoms in total. The first kappa shape index (κ1) is 15.0. The lowest BCUT2D eigenvalue weighted by Gasteiger charge is -2.06. The molecule has 0 spiro atoms. The third-order valence-corrected chi connectivity index (χ3v) is 2.98. The summed E-state index contributed by atoms with van der Waals surface area (Å²) < 4.78 is 5.37. The number of aryl methyl sites for hydroxylation is 1. The number of rotatable bonds is 8. The highest BCUT2D eigenvalue weighted by Crippen LogP contribution is 2.12. The molecule has 2 rings (SSSR count). The molecule has 0 atom stereocenters. The van der Waals surface area contributed by atoms with Gasteiger partial charge in [0.2, 0.25) is 5.91 Å². The number of nitrogens with zero attached hydrogens (tertiary/aromatic N) is 2. The summed E-state index contributed by atoms with van der Waals surface area (Å²) in [7, 11) is 0. The molecule has 2 N–H and O–H groups in total. The minimum atomic E-state index is 0.0247. The molecule has 0 saturated carbocycles. The van der Waals surface area contributed by atoms with Gasteiger partial charge >= 0.3 is 0 Å². The Morgan fingerprint density at radius 1 is 1.33 bits per heavy atom. The van der Waals surface area contributed by atoms with Gasteiger partial charge in [-0.05, 0) is 31.0 Å². The molecule has 21 heavy (non-hydrogen) atoms. The highest BCUT2D eigenvalue weighted by atomic mass is 16.5. The van der Waals surface area contributed by atoms with Crippen molar-refractivity contribution in [3.8, 4) is 5.75 Å². The van der Waals surface area contributed by atoms with Crippen molar-refractivity contribution in [3.63, 3.8) is 0 Å². The normalized spacial score (nSPS) is 10.3. The van der Waals surface area contributed by atoms with Crippen LogP contribution < -0.4 is 10.1 Å². The van der Waals surface area contributed by atoms with Crippen molar-refractivity contribution < 1.29 is 9.53 Å². The molecule has 0 saturated heterocycles. The van der Waals surface area contributed by atoms with Crippen LogP contribution in [0.2, 0.25) is 0 Å². The largest absolute Gasteiger partial charge is 0.494 e. The van der Waals surface area contributed by atoms with Crippen LogP contribution >= 0.6 is 0 Å². The molecular weight excluding hydrogens is 268 g/mol. The van der Waals surface area contributed by atoms with Crippen molar-refractivity contribution in [1.82, 2.24) is 20.5 Å². The summed E-state index contributed by atoms with van der Waals surface area (Å²) in [6.07, 6.45) is 3.49. The Kier molecular flexibility index (Phi) is 5.75. The van der Waals surface area contributed by atoms with E-state index in [0.29, 0.717) is 19.6 Å². The Bertz CT molecular complexity index is 537. The molecule has 2 aromatic rings. The molecular formula is C15H20N4O2. The third-order valence-electron chi connectivity index (χ3n) is 2.98. The van der Waals surface area contributed by atoms with Gasteiger partial charge in [0, 0.05) is 13.0 Å². The molecule has 6 heteroatoms. The number of amides is 1. The van der Waals surface area contributed by atoms with Crippen LogP contribution in [0.1, 0.15) is 24.7 Å². The van der Waals surface area contributed by atoms with E-state index in [1.54, 1.807) is 0 Å². The molecule has 0 aliphatic heterocycles. The second-order valence-electron chi connectivity index (χ2n) is 4.64. The van der Waals surface area contributed by atoms with E-state index in [0.717, 1.165) is 30.0 Å². The Labute approximate surface area is 123 Å². The van der Waals surface area contributed by atoms with E-state index in [4.69, 9.17) is 4.74 Å². The zero-order chi connectivity index (χ0) is 14.9. The lowest BCUT2D eigenvalue weighted by atomic mass is 10.1. The predicted molar refractivity (Wildman–Crippen MR) is 79.0 cm³/mol. The zero-order valence-electron chi connectivity index (χ0n) is 12.1. The van der Waals surface area contributed by atoms with Crippen LogP contribution in [-0.2, 0) is 17.6 Å². The minimum Gasteiger partial charge on any atom is -0.494 e. The van der Waals surface area contributed by atoms with Gasteiger partial charge in [0.15, 0.2) is 0 Å². The zero-order valence-corrected chi connectivity index (χ0v) is 12.1. The molecule has 1 aromatic heterocycles. The summed E-state index contributed by atoms with van der Waals surface area (Å²) >= 11 is 0. The van der Waals surface area contributed by atoms with Crippen LogP contribution in [0.4, 0.5) is 0 Å². The Morgan fingerprint density at radius 2 is 2.14 bits per heavy atom. The van der Waals surface area contributed by atoms with Gasteiger partial charge < -0.3 is 10.1 Å². The van der Waals surface area contributed by atoms with Crippen molar-refractivity contribution in [3.05, 3.63) is 42.0 Å². The van der Waals surface area contributed by atoms with Gasteiger partial charge in [-0.25, -0.2) is 4.98 Å². The lowest BCUT2D eigenvalue weighted by Crippen LogP contribution is -2.26. The number of aromatic amines is 1. The highest BCUT2D eigenvalue weighted by molar-refractivity contribution is 5.78. The van der Waals surface area contributed by atoms with E-state index in [1.165, 1.54) is 6.33 Å². The number of H-pyrrole nitrogens is 1. The Hall–Kier alpha value is -2.37. The van der Waals surface area contributed by atoms with Gasteiger partial charge in [0.1, 0.15) is 17.9 Å². The third kappa shape index (κ3) is 5.25. The van der Waals surface area contributed by atoms with Crippen LogP contribution in [-0.4, -0.2) is 34.2 Å². The van der Waals surface area contributed by atoms with Gasteiger partial charge in [-0.1, -0.05) is 12.1 Å². The van der Waals surface area contributed by atoms with Gasteiger partial charge in [-0.15, -0.1) is 0 Å². The predicted octanol–water partition coefficient (Wildman–Crippen LogP) is 1.49. The molecule has 0 aliphatic carbocycles. The summed E-state index contributed by atoms with van der Waals surface area (Å²) in [6.45, 7) is 3.22. The summed E-state index contributed by atoms with van der Waals surface area (Å²) in [5.74, 6) is 1.70. The fraction of sp³-hybridized carbons (Fsp3) is 0.400. The van der Waals surface area contributed by atoms with Gasteiger partial charge in [0.25, 0.3) is 0 Å². The maximum Gasteiger partial charge on any atom is 0.224 e. The lowest BCUT2D eigenvalue weighted by molar-refractivity contribution is -0.120. The first-order valence-corrected chi connectivity index (χ1v) is 7.10. The van der Waals surface area contributed by atoms with Crippen LogP contribution in [0.5, 0.6) is 5.75 Å². The van der Waals surface area contributed by atoms with E-state index in [1.807, 2.05) is 31.2 Å². The maximum atomic E-state index is 11.8. The fourth-order valence-electron chi connectivity index (χ4n) is 1.95. The monoisotopic (exact) mass is 288 g/mol. The molecule has 112 valence electrons. The van der Waals surface area contributed by atoms with E-state index in [9.17, 15) is 4.79 Å². The second kappa shape index (κ2) is 8.04. The quantitative estimate of drug-likeness (QED) is 0.721. The molecule has 0 bridgehead atoms. The summed E-state index contributed by atoms with van der Waals surface area (Å²) in [5, 5.41) is 9.47.